The van der Waals surface area contributed by atoms with E-state index in [2.05, 4.69) is 0 Å². The Kier molecular flexibility index (Phi) is 6.42. The molecule has 0 aromatic heterocycles. The van der Waals surface area contributed by atoms with Crippen molar-refractivity contribution in [2.45, 2.75) is 25.0 Å². The van der Waals surface area contributed by atoms with E-state index in [1.54, 1.807) is 6.07 Å². The summed E-state index contributed by atoms with van der Waals surface area (Å²) in [4.78, 5) is 37.2. The Morgan fingerprint density at radius 3 is 2.47 bits per heavy atom. The number of rotatable bonds is 6. The Morgan fingerprint density at radius 2 is 1.87 bits per heavy atom. The smallest absolute Gasteiger partial charge is 0.355 e. The van der Waals surface area contributed by atoms with E-state index in [0.29, 0.717) is 10.6 Å². The van der Waals surface area contributed by atoms with Gasteiger partial charge >= 0.3 is 11.9 Å². The van der Waals surface area contributed by atoms with Crippen molar-refractivity contribution in [2.75, 3.05) is 19.5 Å². The van der Waals surface area contributed by atoms with Crippen molar-refractivity contribution in [1.29, 1.82) is 0 Å². The van der Waals surface area contributed by atoms with Gasteiger partial charge in [0.2, 0.25) is 0 Å². The molecule has 0 N–H and O–H groups in total. The zero-order valence-corrected chi connectivity index (χ0v) is 18.2. The monoisotopic (exact) mass is 477 g/mol. The second kappa shape index (κ2) is 8.54. The summed E-state index contributed by atoms with van der Waals surface area (Å²) in [5.41, 5.74) is 0.211. The van der Waals surface area contributed by atoms with Crippen LogP contribution in [0.1, 0.15) is 12.5 Å². The molecule has 1 aromatic carbocycles. The molecule has 0 aliphatic carbocycles. The van der Waals surface area contributed by atoms with Gasteiger partial charge in [0.25, 0.3) is 5.91 Å². The first kappa shape index (κ1) is 22.5. The van der Waals surface area contributed by atoms with Gasteiger partial charge < -0.3 is 14.2 Å². The Hall–Kier alpha value is -2.14. The van der Waals surface area contributed by atoms with Crippen molar-refractivity contribution >= 4 is 50.9 Å². The third-order valence-corrected chi connectivity index (χ3v) is 7.25. The van der Waals surface area contributed by atoms with Crippen LogP contribution < -0.4 is 0 Å². The summed E-state index contributed by atoms with van der Waals surface area (Å²) in [5, 5.41) is -0.747. The first-order valence-electron chi connectivity index (χ1n) is 8.60. The van der Waals surface area contributed by atoms with E-state index in [1.165, 1.54) is 19.2 Å². The quantitative estimate of drug-likeness (QED) is 0.446. The number of benzene rings is 1. The first-order valence-corrected chi connectivity index (χ1v) is 11.1. The van der Waals surface area contributed by atoms with Gasteiger partial charge in [-0.1, -0.05) is 29.3 Å². The number of carbonyl (C=O) groups is 3. The second-order valence-electron chi connectivity index (χ2n) is 6.62. The van der Waals surface area contributed by atoms with Crippen molar-refractivity contribution in [3.8, 4) is 0 Å². The third-order valence-electron chi connectivity index (χ3n) is 4.56. The van der Waals surface area contributed by atoms with Crippen LogP contribution >= 0.6 is 23.2 Å². The van der Waals surface area contributed by atoms with Crippen LogP contribution in [0.2, 0.25) is 10.0 Å². The number of methoxy groups -OCH3 is 1. The average molecular weight is 478 g/mol. The van der Waals surface area contributed by atoms with Crippen LogP contribution in [0.25, 0.3) is 0 Å². The van der Waals surface area contributed by atoms with Crippen LogP contribution in [0.5, 0.6) is 0 Å². The highest BCUT2D eigenvalue weighted by atomic mass is 35.5. The maximum Gasteiger partial charge on any atom is 0.355 e. The Morgan fingerprint density at radius 1 is 1.17 bits per heavy atom. The molecule has 0 radical (unpaired) electrons. The van der Waals surface area contributed by atoms with Gasteiger partial charge in [0.1, 0.15) is 18.9 Å². The van der Waals surface area contributed by atoms with Crippen LogP contribution in [-0.2, 0) is 45.0 Å². The number of carbonyl (C=O) groups excluding carboxylic acids is 3. The molecule has 1 fully saturated rings. The largest absolute Gasteiger partial charge is 0.461 e. The molecule has 0 bridgehead atoms. The van der Waals surface area contributed by atoms with Crippen LogP contribution in [0.4, 0.5) is 0 Å². The third kappa shape index (κ3) is 4.18. The number of β-lactam (4-membered cyclic amide) rings is 1. The minimum absolute atomic E-state index is 0.0523. The Labute approximate surface area is 182 Å². The van der Waals surface area contributed by atoms with Gasteiger partial charge in [-0.25, -0.2) is 13.2 Å². The summed E-state index contributed by atoms with van der Waals surface area (Å²) >= 11 is 11.8. The van der Waals surface area contributed by atoms with Crippen LogP contribution in [0.3, 0.4) is 0 Å². The Balaban J connectivity index is 1.91. The summed E-state index contributed by atoms with van der Waals surface area (Å²) in [7, 11) is -2.66. The molecule has 2 atom stereocenters. The fraction of sp³-hybridized carbons (Fsp3) is 0.389. The number of esters is 2. The fourth-order valence-electron chi connectivity index (χ4n) is 3.20. The highest BCUT2D eigenvalue weighted by Gasteiger charge is 2.60. The number of nitrogens with zero attached hydrogens (tertiary/aromatic N) is 1. The van der Waals surface area contributed by atoms with Gasteiger partial charge in [0.05, 0.1) is 15.8 Å². The minimum Gasteiger partial charge on any atom is -0.461 e. The molecule has 3 rings (SSSR count). The van der Waals surface area contributed by atoms with Gasteiger partial charge in [0, 0.05) is 19.6 Å². The highest BCUT2D eigenvalue weighted by molar-refractivity contribution is 7.92. The summed E-state index contributed by atoms with van der Waals surface area (Å²) in [6.45, 7) is 0.464. The molecule has 1 aromatic rings. The van der Waals surface area contributed by atoms with E-state index in [-0.39, 0.29) is 22.9 Å². The van der Waals surface area contributed by atoms with Crippen LogP contribution in [-0.4, -0.2) is 62.1 Å². The number of sulfone groups is 1. The highest BCUT2D eigenvalue weighted by Crippen LogP contribution is 2.38. The van der Waals surface area contributed by atoms with E-state index in [1.807, 2.05) is 0 Å². The SMILES string of the molecule is CO[C@@H]1C(=O)N2C(C(=O)OCc3ccc(Cl)c(Cl)c3)=C(COC(C)=O)CS(=O)(=O)[C@H]12. The fourth-order valence-corrected chi connectivity index (χ4v) is 5.53. The van der Waals surface area contributed by atoms with Crippen LogP contribution in [0.15, 0.2) is 29.5 Å². The van der Waals surface area contributed by atoms with Crippen molar-refractivity contribution in [3.63, 3.8) is 0 Å². The van der Waals surface area contributed by atoms with Gasteiger partial charge in [-0.15, -0.1) is 0 Å². The molecule has 0 unspecified atom stereocenters. The van der Waals surface area contributed by atoms with Gasteiger partial charge in [0.15, 0.2) is 21.3 Å². The molecule has 30 heavy (non-hydrogen) atoms. The molecule has 9 nitrogen and oxygen atoms in total. The lowest BCUT2D eigenvalue weighted by molar-refractivity contribution is -0.164. The lowest BCUT2D eigenvalue weighted by Gasteiger charge is -2.48. The lowest BCUT2D eigenvalue weighted by atomic mass is 10.1. The van der Waals surface area contributed by atoms with Gasteiger partial charge in [-0.05, 0) is 17.7 Å². The molecular formula is C18H17Cl2NO8S. The van der Waals surface area contributed by atoms with E-state index in [0.717, 1.165) is 11.8 Å². The van der Waals surface area contributed by atoms with Crippen molar-refractivity contribution < 1.29 is 37.0 Å². The molecule has 2 aliphatic heterocycles. The number of fused-ring (bicyclic) bond motifs is 1. The molecule has 1 saturated heterocycles. The minimum atomic E-state index is -3.87. The Bertz CT molecular complexity index is 1050. The molecule has 0 saturated carbocycles. The van der Waals surface area contributed by atoms with Crippen LogP contribution in [0, 0.1) is 0 Å². The van der Waals surface area contributed by atoms with Crippen molar-refractivity contribution in [1.82, 2.24) is 4.90 Å². The van der Waals surface area contributed by atoms with Gasteiger partial charge in [-0.3, -0.25) is 14.5 Å². The molecular weight excluding hydrogens is 461 g/mol. The predicted octanol–water partition coefficient (Wildman–Crippen LogP) is 1.47. The molecule has 0 spiro atoms. The normalized spacial score (nSPS) is 22.3. The molecule has 162 valence electrons. The van der Waals surface area contributed by atoms with E-state index in [4.69, 9.17) is 37.4 Å². The van der Waals surface area contributed by atoms with Gasteiger partial charge in [-0.2, -0.15) is 0 Å². The standard InChI is InChI=1S/C18H17Cl2NO8S/c1-9(22)28-7-11-8-30(25,26)17-15(27-2)16(23)21(17)14(11)18(24)29-6-10-3-4-12(19)13(20)5-10/h3-5,15,17H,6-8H2,1-2H3/t15-,17-/m1/s1. The lowest BCUT2D eigenvalue weighted by Crippen LogP contribution is -2.70. The van der Waals surface area contributed by atoms with E-state index in [9.17, 15) is 22.8 Å². The number of hydrogen-bond donors (Lipinski definition) is 0. The second-order valence-corrected chi connectivity index (χ2v) is 9.53. The zero-order valence-electron chi connectivity index (χ0n) is 15.9. The van der Waals surface area contributed by atoms with E-state index >= 15 is 0 Å². The van der Waals surface area contributed by atoms with E-state index < -0.39 is 51.5 Å². The van der Waals surface area contributed by atoms with Crippen molar-refractivity contribution in [2.24, 2.45) is 0 Å². The zero-order chi connectivity index (χ0) is 22.2. The maximum atomic E-state index is 12.8. The summed E-state index contributed by atoms with van der Waals surface area (Å²) in [6.07, 6.45) is -1.22. The summed E-state index contributed by atoms with van der Waals surface area (Å²) in [5.74, 6) is -2.89. The average Bonchev–Trinajstić information content (AvgIpc) is 2.67. The maximum absolute atomic E-state index is 12.8. The molecule has 1 amide bonds. The topological polar surface area (TPSA) is 116 Å². The predicted molar refractivity (Wildman–Crippen MR) is 105 cm³/mol. The molecule has 12 heteroatoms. The number of amides is 1. The number of ether oxygens (including phenoxy) is 3. The number of halogens is 2. The van der Waals surface area contributed by atoms with Crippen molar-refractivity contribution in [3.05, 3.63) is 45.1 Å². The molecule has 2 aliphatic rings. The first-order chi connectivity index (χ1) is 14.1. The number of hydrogen-bond acceptors (Lipinski definition) is 8. The molecule has 2 heterocycles. The summed E-state index contributed by atoms with van der Waals surface area (Å²) in [6, 6.07) is 4.64. The summed E-state index contributed by atoms with van der Waals surface area (Å²) < 4.78 is 40.3.